The van der Waals surface area contributed by atoms with Crippen LogP contribution in [0.15, 0.2) is 17.3 Å². The summed E-state index contributed by atoms with van der Waals surface area (Å²) >= 11 is 0. The number of nitrogens with one attached hydrogen (secondary N) is 2. The number of morpholine rings is 1. The van der Waals surface area contributed by atoms with Crippen LogP contribution in [0.2, 0.25) is 0 Å². The SMILES string of the molecule is CN=C(NCCN1CCOCC1)NCC1CCC=CO1. The molecule has 114 valence electrons. The zero-order valence-electron chi connectivity index (χ0n) is 12.3. The summed E-state index contributed by atoms with van der Waals surface area (Å²) in [5, 5.41) is 6.65. The summed E-state index contributed by atoms with van der Waals surface area (Å²) in [5.41, 5.74) is 0. The zero-order chi connectivity index (χ0) is 14.0. The number of hydrogen-bond donors (Lipinski definition) is 2. The molecule has 2 N–H and O–H groups in total. The molecule has 0 aromatic rings. The third kappa shape index (κ3) is 5.38. The predicted molar refractivity (Wildman–Crippen MR) is 79.9 cm³/mol. The molecule has 0 spiro atoms. The van der Waals surface area contributed by atoms with Gasteiger partial charge in [-0.1, -0.05) is 0 Å². The minimum absolute atomic E-state index is 0.248. The summed E-state index contributed by atoms with van der Waals surface area (Å²) in [6, 6.07) is 0. The second-order valence-corrected chi connectivity index (χ2v) is 5.04. The lowest BCUT2D eigenvalue weighted by atomic mass is 10.1. The fourth-order valence-corrected chi connectivity index (χ4v) is 2.32. The first-order chi connectivity index (χ1) is 9.88. The van der Waals surface area contributed by atoms with Crippen molar-refractivity contribution < 1.29 is 9.47 Å². The number of aliphatic imine (C=N–C) groups is 1. The first-order valence-corrected chi connectivity index (χ1v) is 7.43. The molecule has 1 saturated heterocycles. The first kappa shape index (κ1) is 15.1. The monoisotopic (exact) mass is 282 g/mol. The lowest BCUT2D eigenvalue weighted by molar-refractivity contribution is 0.0389. The van der Waals surface area contributed by atoms with Crippen molar-refractivity contribution in [1.29, 1.82) is 0 Å². The molecule has 0 bridgehead atoms. The maximum atomic E-state index is 5.52. The molecule has 1 fully saturated rings. The topological polar surface area (TPSA) is 58.1 Å². The van der Waals surface area contributed by atoms with Crippen LogP contribution < -0.4 is 10.6 Å². The van der Waals surface area contributed by atoms with E-state index >= 15 is 0 Å². The Hall–Kier alpha value is -1.27. The summed E-state index contributed by atoms with van der Waals surface area (Å²) in [5.74, 6) is 0.844. The van der Waals surface area contributed by atoms with E-state index in [1.54, 1.807) is 13.3 Å². The van der Waals surface area contributed by atoms with E-state index in [1.807, 2.05) is 0 Å². The Morgan fingerprint density at radius 1 is 1.35 bits per heavy atom. The van der Waals surface area contributed by atoms with Gasteiger partial charge < -0.3 is 20.1 Å². The predicted octanol–water partition coefficient (Wildman–Crippen LogP) is 0.176. The van der Waals surface area contributed by atoms with E-state index in [0.717, 1.165) is 64.7 Å². The van der Waals surface area contributed by atoms with Gasteiger partial charge in [0.25, 0.3) is 0 Å². The molecule has 1 atom stereocenters. The molecule has 0 aromatic carbocycles. The fraction of sp³-hybridized carbons (Fsp3) is 0.786. The number of ether oxygens (including phenoxy) is 2. The van der Waals surface area contributed by atoms with Crippen molar-refractivity contribution in [3.8, 4) is 0 Å². The number of guanidine groups is 1. The maximum Gasteiger partial charge on any atom is 0.191 e. The molecular weight excluding hydrogens is 256 g/mol. The van der Waals surface area contributed by atoms with Crippen LogP contribution in [-0.2, 0) is 9.47 Å². The molecule has 1 unspecified atom stereocenters. The molecule has 2 aliphatic heterocycles. The summed E-state index contributed by atoms with van der Waals surface area (Å²) < 4.78 is 10.9. The highest BCUT2D eigenvalue weighted by molar-refractivity contribution is 5.79. The smallest absolute Gasteiger partial charge is 0.191 e. The molecule has 6 heteroatoms. The summed E-state index contributed by atoms with van der Waals surface area (Å²) in [4.78, 5) is 6.63. The van der Waals surface area contributed by atoms with E-state index in [4.69, 9.17) is 9.47 Å². The van der Waals surface area contributed by atoms with Gasteiger partial charge in [-0.05, 0) is 18.9 Å². The maximum absolute atomic E-state index is 5.52. The van der Waals surface area contributed by atoms with Gasteiger partial charge in [-0.15, -0.1) is 0 Å². The molecule has 6 nitrogen and oxygen atoms in total. The molecule has 0 amide bonds. The van der Waals surface area contributed by atoms with Crippen molar-refractivity contribution in [2.24, 2.45) is 4.99 Å². The first-order valence-electron chi connectivity index (χ1n) is 7.43. The third-order valence-corrected chi connectivity index (χ3v) is 3.57. The van der Waals surface area contributed by atoms with Crippen LogP contribution in [-0.4, -0.2) is 69.9 Å². The fourth-order valence-electron chi connectivity index (χ4n) is 2.32. The average molecular weight is 282 g/mol. The standard InChI is InChI=1S/C14H26N4O2/c1-15-14(17-12-13-4-2-3-9-20-13)16-5-6-18-7-10-19-11-8-18/h3,9,13H,2,4-8,10-12H2,1H3,(H2,15,16,17). The highest BCUT2D eigenvalue weighted by Gasteiger charge is 2.12. The Bertz CT molecular complexity index is 327. The van der Waals surface area contributed by atoms with Gasteiger partial charge in [-0.2, -0.15) is 0 Å². The van der Waals surface area contributed by atoms with Crippen LogP contribution in [0.4, 0.5) is 0 Å². The Labute approximate surface area is 121 Å². The molecule has 0 aromatic heterocycles. The molecule has 0 radical (unpaired) electrons. The van der Waals surface area contributed by atoms with Crippen molar-refractivity contribution >= 4 is 5.96 Å². The normalized spacial score (nSPS) is 24.2. The molecule has 2 aliphatic rings. The van der Waals surface area contributed by atoms with Crippen molar-refractivity contribution in [2.75, 3.05) is 53.0 Å². The second kappa shape index (κ2) is 8.81. The van der Waals surface area contributed by atoms with Crippen LogP contribution in [0.25, 0.3) is 0 Å². The number of hydrogen-bond acceptors (Lipinski definition) is 4. The highest BCUT2D eigenvalue weighted by Crippen LogP contribution is 2.08. The minimum Gasteiger partial charge on any atom is -0.497 e. The van der Waals surface area contributed by atoms with Crippen LogP contribution in [0.1, 0.15) is 12.8 Å². The third-order valence-electron chi connectivity index (χ3n) is 3.57. The number of rotatable bonds is 5. The lowest BCUT2D eigenvalue weighted by Gasteiger charge is -2.27. The van der Waals surface area contributed by atoms with Crippen molar-refractivity contribution in [3.05, 3.63) is 12.3 Å². The van der Waals surface area contributed by atoms with Gasteiger partial charge in [-0.3, -0.25) is 9.89 Å². The van der Waals surface area contributed by atoms with Gasteiger partial charge in [0.1, 0.15) is 6.10 Å². The highest BCUT2D eigenvalue weighted by atomic mass is 16.5. The largest absolute Gasteiger partial charge is 0.497 e. The van der Waals surface area contributed by atoms with Crippen molar-refractivity contribution in [2.45, 2.75) is 18.9 Å². The van der Waals surface area contributed by atoms with Crippen LogP contribution in [0.5, 0.6) is 0 Å². The van der Waals surface area contributed by atoms with Crippen LogP contribution in [0.3, 0.4) is 0 Å². The van der Waals surface area contributed by atoms with Crippen LogP contribution in [0, 0.1) is 0 Å². The quantitative estimate of drug-likeness (QED) is 0.556. The molecule has 0 saturated carbocycles. The van der Waals surface area contributed by atoms with E-state index in [9.17, 15) is 0 Å². The Kier molecular flexibility index (Phi) is 6.66. The molecule has 2 rings (SSSR count). The molecule has 20 heavy (non-hydrogen) atoms. The minimum atomic E-state index is 0.248. The zero-order valence-corrected chi connectivity index (χ0v) is 12.3. The summed E-state index contributed by atoms with van der Waals surface area (Å²) in [6.07, 6.45) is 6.26. The van der Waals surface area contributed by atoms with E-state index in [-0.39, 0.29) is 6.10 Å². The lowest BCUT2D eigenvalue weighted by Crippen LogP contribution is -2.46. The van der Waals surface area contributed by atoms with Crippen molar-refractivity contribution in [3.63, 3.8) is 0 Å². The van der Waals surface area contributed by atoms with Gasteiger partial charge in [0.2, 0.25) is 0 Å². The summed E-state index contributed by atoms with van der Waals surface area (Å²) in [6.45, 7) is 6.45. The number of nitrogens with zero attached hydrogens (tertiary/aromatic N) is 2. The Balaban J connectivity index is 1.58. The molecule has 2 heterocycles. The van der Waals surface area contributed by atoms with Gasteiger partial charge in [0, 0.05) is 33.2 Å². The average Bonchev–Trinajstić information content (AvgIpc) is 2.52. The Morgan fingerprint density at radius 3 is 2.90 bits per heavy atom. The van der Waals surface area contributed by atoms with Crippen LogP contribution >= 0.6 is 0 Å². The van der Waals surface area contributed by atoms with Gasteiger partial charge in [0.05, 0.1) is 26.0 Å². The summed E-state index contributed by atoms with van der Waals surface area (Å²) in [7, 11) is 1.80. The van der Waals surface area contributed by atoms with E-state index in [1.165, 1.54) is 0 Å². The van der Waals surface area contributed by atoms with E-state index in [0.29, 0.717) is 0 Å². The number of allylic oxidation sites excluding steroid dienone is 1. The van der Waals surface area contributed by atoms with E-state index in [2.05, 4.69) is 26.6 Å². The van der Waals surface area contributed by atoms with Crippen molar-refractivity contribution in [1.82, 2.24) is 15.5 Å². The molecule has 0 aliphatic carbocycles. The van der Waals surface area contributed by atoms with Gasteiger partial charge in [0.15, 0.2) is 5.96 Å². The van der Waals surface area contributed by atoms with E-state index < -0.39 is 0 Å². The molecular formula is C14H26N4O2. The second-order valence-electron chi connectivity index (χ2n) is 5.04. The van der Waals surface area contributed by atoms with Gasteiger partial charge >= 0.3 is 0 Å². The van der Waals surface area contributed by atoms with Gasteiger partial charge in [-0.25, -0.2) is 0 Å². The Morgan fingerprint density at radius 2 is 2.20 bits per heavy atom.